The Morgan fingerprint density at radius 3 is 2.53 bits per heavy atom. The lowest BCUT2D eigenvalue weighted by Crippen LogP contribution is -2.48. The number of benzene rings is 1. The Morgan fingerprint density at radius 1 is 1.37 bits per heavy atom. The average molecular weight is 263 g/mol. The molecule has 1 fully saturated rings. The molecule has 0 bridgehead atoms. The molecule has 1 saturated heterocycles. The zero-order valence-electron chi connectivity index (χ0n) is 11.6. The number of hydrazine groups is 1. The maximum atomic E-state index is 12.5. The van der Waals surface area contributed by atoms with Gasteiger partial charge in [0.1, 0.15) is 0 Å². The summed E-state index contributed by atoms with van der Waals surface area (Å²) in [5, 5.41) is 0. The van der Waals surface area contributed by atoms with E-state index in [9.17, 15) is 4.79 Å². The van der Waals surface area contributed by atoms with E-state index in [1.807, 2.05) is 37.8 Å². The van der Waals surface area contributed by atoms with Crippen LogP contribution in [0.4, 0.5) is 5.69 Å². The number of aryl methyl sites for hydroxylation is 1. The minimum Gasteiger partial charge on any atom is -0.372 e. The van der Waals surface area contributed by atoms with Crippen LogP contribution in [0.5, 0.6) is 0 Å². The second-order valence-electron chi connectivity index (χ2n) is 5.14. The van der Waals surface area contributed by atoms with Crippen LogP contribution in [0.15, 0.2) is 18.2 Å². The molecule has 0 aromatic heterocycles. The van der Waals surface area contributed by atoms with Crippen molar-refractivity contribution >= 4 is 11.6 Å². The number of morpholine rings is 1. The van der Waals surface area contributed by atoms with Crippen LogP contribution in [0, 0.1) is 6.92 Å². The Hall–Kier alpha value is -1.59. The van der Waals surface area contributed by atoms with Gasteiger partial charge >= 0.3 is 0 Å². The highest BCUT2D eigenvalue weighted by Gasteiger charge is 2.26. The van der Waals surface area contributed by atoms with Gasteiger partial charge in [0.15, 0.2) is 0 Å². The molecule has 1 aliphatic heterocycles. The zero-order valence-corrected chi connectivity index (χ0v) is 11.6. The lowest BCUT2D eigenvalue weighted by atomic mass is 10.1. The number of rotatable bonds is 2. The summed E-state index contributed by atoms with van der Waals surface area (Å²) in [5.41, 5.74) is 5.10. The number of nitrogens with one attached hydrogen (secondary N) is 1. The molecule has 1 heterocycles. The van der Waals surface area contributed by atoms with Crippen molar-refractivity contribution in [3.63, 3.8) is 0 Å². The van der Waals surface area contributed by atoms with E-state index in [1.54, 1.807) is 6.07 Å². The first kappa shape index (κ1) is 13.8. The molecule has 2 rings (SSSR count). The van der Waals surface area contributed by atoms with Crippen molar-refractivity contribution in [2.45, 2.75) is 33.0 Å². The van der Waals surface area contributed by atoms with Crippen molar-refractivity contribution in [3.8, 4) is 0 Å². The minimum atomic E-state index is 0.0497. The number of carbonyl (C=O) groups excluding carboxylic acids is 1. The van der Waals surface area contributed by atoms with Crippen molar-refractivity contribution in [2.24, 2.45) is 5.84 Å². The molecular weight excluding hydrogens is 242 g/mol. The molecule has 0 radical (unpaired) electrons. The van der Waals surface area contributed by atoms with Gasteiger partial charge in [-0.15, -0.1) is 0 Å². The summed E-state index contributed by atoms with van der Waals surface area (Å²) < 4.78 is 5.64. The maximum absolute atomic E-state index is 12.5. The van der Waals surface area contributed by atoms with Crippen molar-refractivity contribution in [1.82, 2.24) is 4.90 Å². The third-order valence-corrected chi connectivity index (χ3v) is 3.34. The van der Waals surface area contributed by atoms with Gasteiger partial charge in [-0.25, -0.2) is 0 Å². The zero-order chi connectivity index (χ0) is 14.0. The highest BCUT2D eigenvalue weighted by Crippen LogP contribution is 2.19. The fourth-order valence-corrected chi connectivity index (χ4v) is 2.48. The van der Waals surface area contributed by atoms with E-state index in [-0.39, 0.29) is 18.1 Å². The molecule has 0 spiro atoms. The highest BCUT2D eigenvalue weighted by molar-refractivity contribution is 5.95. The summed E-state index contributed by atoms with van der Waals surface area (Å²) in [7, 11) is 0. The second-order valence-corrected chi connectivity index (χ2v) is 5.14. The van der Waals surface area contributed by atoms with Gasteiger partial charge in [0.05, 0.1) is 17.9 Å². The predicted molar refractivity (Wildman–Crippen MR) is 74.9 cm³/mol. The molecular formula is C14H21N3O2. The molecule has 2 atom stereocenters. The molecule has 1 aromatic carbocycles. The number of nitrogens with zero attached hydrogens (tertiary/aromatic N) is 1. The standard InChI is InChI=1S/C14H21N3O2/c1-9-6-12(4-5-13(9)16-15)14(18)17-7-10(2)19-11(3)8-17/h4-6,10-11,16H,7-8,15H2,1-3H3. The summed E-state index contributed by atoms with van der Waals surface area (Å²) in [6.07, 6.45) is 0.164. The number of carbonyl (C=O) groups is 1. The van der Waals surface area contributed by atoms with Crippen LogP contribution in [-0.2, 0) is 4.74 Å². The fraction of sp³-hybridized carbons (Fsp3) is 0.500. The first-order valence-corrected chi connectivity index (χ1v) is 6.53. The second kappa shape index (κ2) is 5.59. The lowest BCUT2D eigenvalue weighted by molar-refractivity contribution is -0.0586. The first-order chi connectivity index (χ1) is 9.01. The lowest BCUT2D eigenvalue weighted by Gasteiger charge is -2.35. The third-order valence-electron chi connectivity index (χ3n) is 3.34. The van der Waals surface area contributed by atoms with Gasteiger partial charge < -0.3 is 15.1 Å². The van der Waals surface area contributed by atoms with Crippen LogP contribution in [0.25, 0.3) is 0 Å². The van der Waals surface area contributed by atoms with Crippen LogP contribution >= 0.6 is 0 Å². The molecule has 2 unspecified atom stereocenters. The van der Waals surface area contributed by atoms with Gasteiger partial charge in [-0.05, 0) is 44.5 Å². The SMILES string of the molecule is Cc1cc(C(=O)N2CC(C)OC(C)C2)ccc1NN. The number of amides is 1. The van der Waals surface area contributed by atoms with Gasteiger partial charge in [0.2, 0.25) is 0 Å². The largest absolute Gasteiger partial charge is 0.372 e. The molecule has 5 nitrogen and oxygen atoms in total. The summed E-state index contributed by atoms with van der Waals surface area (Å²) >= 11 is 0. The number of nitrogens with two attached hydrogens (primary N) is 1. The Balaban J connectivity index is 2.17. The fourth-order valence-electron chi connectivity index (χ4n) is 2.48. The van der Waals surface area contributed by atoms with Gasteiger partial charge in [-0.1, -0.05) is 0 Å². The van der Waals surface area contributed by atoms with E-state index in [2.05, 4.69) is 5.43 Å². The Kier molecular flexibility index (Phi) is 4.07. The van der Waals surface area contributed by atoms with Crippen LogP contribution in [0.3, 0.4) is 0 Å². The van der Waals surface area contributed by atoms with E-state index >= 15 is 0 Å². The van der Waals surface area contributed by atoms with Gasteiger partial charge in [0.25, 0.3) is 5.91 Å². The molecule has 1 amide bonds. The van der Waals surface area contributed by atoms with E-state index in [4.69, 9.17) is 10.6 Å². The van der Waals surface area contributed by atoms with Crippen LogP contribution < -0.4 is 11.3 Å². The average Bonchev–Trinajstić information content (AvgIpc) is 2.36. The molecule has 1 aliphatic rings. The summed E-state index contributed by atoms with van der Waals surface area (Å²) in [6.45, 7) is 7.18. The first-order valence-electron chi connectivity index (χ1n) is 6.53. The Bertz CT molecular complexity index is 466. The van der Waals surface area contributed by atoms with E-state index in [0.717, 1.165) is 11.3 Å². The Labute approximate surface area is 113 Å². The predicted octanol–water partition coefficient (Wildman–Crippen LogP) is 1.53. The quantitative estimate of drug-likeness (QED) is 0.627. The number of anilines is 1. The molecule has 19 heavy (non-hydrogen) atoms. The molecule has 0 aliphatic carbocycles. The third kappa shape index (κ3) is 3.05. The monoisotopic (exact) mass is 263 g/mol. The minimum absolute atomic E-state index is 0.0497. The van der Waals surface area contributed by atoms with Gasteiger partial charge in [-0.2, -0.15) is 0 Å². The van der Waals surface area contributed by atoms with Crippen LogP contribution in [0.2, 0.25) is 0 Å². The Morgan fingerprint density at radius 2 is 2.00 bits per heavy atom. The molecule has 1 aromatic rings. The number of hydrogen-bond acceptors (Lipinski definition) is 4. The highest BCUT2D eigenvalue weighted by atomic mass is 16.5. The number of hydrogen-bond donors (Lipinski definition) is 2. The maximum Gasteiger partial charge on any atom is 0.254 e. The van der Waals surface area contributed by atoms with Crippen molar-refractivity contribution in [3.05, 3.63) is 29.3 Å². The number of nitrogen functional groups attached to an aromatic ring is 1. The molecule has 5 heteroatoms. The van der Waals surface area contributed by atoms with Crippen molar-refractivity contribution in [1.29, 1.82) is 0 Å². The molecule has 3 N–H and O–H groups in total. The van der Waals surface area contributed by atoms with Crippen molar-refractivity contribution in [2.75, 3.05) is 18.5 Å². The molecule has 104 valence electrons. The van der Waals surface area contributed by atoms with Gasteiger partial charge in [-0.3, -0.25) is 10.6 Å². The van der Waals surface area contributed by atoms with Crippen molar-refractivity contribution < 1.29 is 9.53 Å². The summed E-state index contributed by atoms with van der Waals surface area (Å²) in [6, 6.07) is 5.49. The van der Waals surface area contributed by atoms with E-state index < -0.39 is 0 Å². The van der Waals surface area contributed by atoms with E-state index in [1.165, 1.54) is 0 Å². The number of ether oxygens (including phenoxy) is 1. The summed E-state index contributed by atoms with van der Waals surface area (Å²) in [5.74, 6) is 5.44. The van der Waals surface area contributed by atoms with Crippen LogP contribution in [-0.4, -0.2) is 36.1 Å². The topological polar surface area (TPSA) is 67.6 Å². The normalized spacial score (nSPS) is 23.3. The smallest absolute Gasteiger partial charge is 0.254 e. The summed E-state index contributed by atoms with van der Waals surface area (Å²) in [4.78, 5) is 14.3. The van der Waals surface area contributed by atoms with Crippen LogP contribution in [0.1, 0.15) is 29.8 Å². The molecule has 0 saturated carbocycles. The van der Waals surface area contributed by atoms with E-state index in [0.29, 0.717) is 18.7 Å². The van der Waals surface area contributed by atoms with Gasteiger partial charge in [0, 0.05) is 18.7 Å².